The predicted molar refractivity (Wildman–Crippen MR) is 58.6 cm³/mol. The second-order valence-electron chi connectivity index (χ2n) is 3.11. The Morgan fingerprint density at radius 1 is 1.24 bits per heavy atom. The van der Waals surface area contributed by atoms with Gasteiger partial charge in [0.2, 0.25) is 0 Å². The molecule has 0 radical (unpaired) electrons. The minimum atomic E-state index is -1.16. The highest BCUT2D eigenvalue weighted by atomic mass is 16.4. The van der Waals surface area contributed by atoms with Crippen LogP contribution in [0.5, 0.6) is 0 Å². The molecule has 0 amide bonds. The van der Waals surface area contributed by atoms with Gasteiger partial charge in [-0.3, -0.25) is 0 Å². The second-order valence-corrected chi connectivity index (χ2v) is 3.11. The van der Waals surface area contributed by atoms with Gasteiger partial charge < -0.3 is 5.11 Å². The van der Waals surface area contributed by atoms with Crippen LogP contribution in [-0.4, -0.2) is 30.9 Å². The van der Waals surface area contributed by atoms with E-state index in [1.54, 1.807) is 24.3 Å². The average Bonchev–Trinajstić information content (AvgIpc) is 2.69. The van der Waals surface area contributed by atoms with Gasteiger partial charge >= 0.3 is 11.7 Å². The number of carboxylic acid groups (broad SMARTS) is 1. The van der Waals surface area contributed by atoms with E-state index in [1.165, 1.54) is 0 Å². The van der Waals surface area contributed by atoms with E-state index in [0.717, 1.165) is 21.6 Å². The molecule has 0 spiro atoms. The summed E-state index contributed by atoms with van der Waals surface area (Å²) < 4.78 is 1.92. The molecule has 2 rings (SSSR count). The number of carbonyl (C=O) groups is 1. The molecule has 7 nitrogen and oxygen atoms in total. The van der Waals surface area contributed by atoms with Crippen molar-refractivity contribution in [3.05, 3.63) is 46.9 Å². The molecule has 1 heterocycles. The van der Waals surface area contributed by atoms with Gasteiger partial charge in [0.15, 0.2) is 0 Å². The maximum Gasteiger partial charge on any atom is 0.372 e. The first-order chi connectivity index (χ1) is 8.18. The lowest BCUT2D eigenvalue weighted by molar-refractivity contribution is -0.131. The fourth-order valence-electron chi connectivity index (χ4n) is 1.22. The fourth-order valence-corrected chi connectivity index (χ4v) is 1.22. The van der Waals surface area contributed by atoms with Crippen molar-refractivity contribution in [2.45, 2.75) is 0 Å². The summed E-state index contributed by atoms with van der Waals surface area (Å²) in [5.41, 5.74) is 0.0289. The Labute approximate surface area is 95.2 Å². The molecule has 7 heteroatoms. The fraction of sp³-hybridized carbons (Fsp3) is 0. The smallest absolute Gasteiger partial charge is 0.372 e. The number of tetrazole rings is 1. The van der Waals surface area contributed by atoms with Crippen molar-refractivity contribution in [3.63, 3.8) is 0 Å². The van der Waals surface area contributed by atoms with Crippen LogP contribution in [0.4, 0.5) is 0 Å². The number of aliphatic carboxylic acids is 1. The van der Waals surface area contributed by atoms with Crippen LogP contribution in [0, 0.1) is 0 Å². The molecule has 0 saturated carbocycles. The van der Waals surface area contributed by atoms with Gasteiger partial charge in [0.25, 0.3) is 0 Å². The third-order valence-electron chi connectivity index (χ3n) is 1.96. The van der Waals surface area contributed by atoms with Crippen molar-refractivity contribution < 1.29 is 9.90 Å². The highest BCUT2D eigenvalue weighted by Crippen LogP contribution is 2.00. The van der Waals surface area contributed by atoms with Crippen LogP contribution in [0.2, 0.25) is 0 Å². The highest BCUT2D eigenvalue weighted by Gasteiger charge is 2.05. The monoisotopic (exact) mass is 232 g/mol. The summed E-state index contributed by atoms with van der Waals surface area (Å²) in [7, 11) is 0. The summed E-state index contributed by atoms with van der Waals surface area (Å²) in [5, 5.41) is 15.6. The second kappa shape index (κ2) is 4.44. The summed E-state index contributed by atoms with van der Waals surface area (Å²) >= 11 is 0. The zero-order valence-electron chi connectivity index (χ0n) is 8.59. The topological polar surface area (TPSA) is 90.0 Å². The molecule has 0 aliphatic heterocycles. The van der Waals surface area contributed by atoms with Crippen LogP contribution in [0.25, 0.3) is 11.9 Å². The molecule has 0 aliphatic carbocycles. The number of hydrogen-bond donors (Lipinski definition) is 1. The number of rotatable bonds is 3. The van der Waals surface area contributed by atoms with E-state index in [1.807, 2.05) is 6.07 Å². The van der Waals surface area contributed by atoms with Crippen LogP contribution in [0.15, 0.2) is 41.2 Å². The molecule has 0 fully saturated rings. The lowest BCUT2D eigenvalue weighted by Crippen LogP contribution is -2.21. The lowest BCUT2D eigenvalue weighted by Gasteiger charge is -1.94. The van der Waals surface area contributed by atoms with Crippen LogP contribution in [0.1, 0.15) is 0 Å². The van der Waals surface area contributed by atoms with E-state index < -0.39 is 11.7 Å². The standard InChI is InChI=1S/C10H8N4O3/c15-9(16)6-7-13-10(17)14(12-11-13)8-4-2-1-3-5-8/h1-7H,(H,15,16)/b7-6+. The van der Waals surface area contributed by atoms with Crippen LogP contribution < -0.4 is 5.69 Å². The van der Waals surface area contributed by atoms with E-state index in [9.17, 15) is 9.59 Å². The quantitative estimate of drug-likeness (QED) is 0.751. The number of carboxylic acids is 1. The first-order valence-electron chi connectivity index (χ1n) is 4.69. The maximum absolute atomic E-state index is 11.7. The van der Waals surface area contributed by atoms with Crippen molar-refractivity contribution in [3.8, 4) is 5.69 Å². The molecule has 1 aromatic heterocycles. The van der Waals surface area contributed by atoms with Crippen molar-refractivity contribution in [1.82, 2.24) is 19.8 Å². The Morgan fingerprint density at radius 3 is 2.59 bits per heavy atom. The summed E-state index contributed by atoms with van der Waals surface area (Å²) in [6, 6.07) is 8.72. The largest absolute Gasteiger partial charge is 0.478 e. The molecule has 86 valence electrons. The minimum Gasteiger partial charge on any atom is -0.478 e. The Morgan fingerprint density at radius 2 is 1.94 bits per heavy atom. The first kappa shape index (κ1) is 10.8. The Balaban J connectivity index is 2.41. The van der Waals surface area contributed by atoms with E-state index in [2.05, 4.69) is 10.4 Å². The van der Waals surface area contributed by atoms with Crippen molar-refractivity contribution in [1.29, 1.82) is 0 Å². The maximum atomic E-state index is 11.7. The average molecular weight is 232 g/mol. The lowest BCUT2D eigenvalue weighted by atomic mass is 10.3. The van der Waals surface area contributed by atoms with Crippen LogP contribution in [0.3, 0.4) is 0 Å². The van der Waals surface area contributed by atoms with Crippen LogP contribution in [-0.2, 0) is 4.79 Å². The summed E-state index contributed by atoms with van der Waals surface area (Å²) in [6.45, 7) is 0. The summed E-state index contributed by atoms with van der Waals surface area (Å²) in [6.07, 6.45) is 1.85. The number of benzene rings is 1. The Hall–Kier alpha value is -2.70. The number of nitrogens with zero attached hydrogens (tertiary/aromatic N) is 4. The SMILES string of the molecule is O=C(O)/C=C/n1nnn(-c2ccccc2)c1=O. The molecule has 0 unspecified atom stereocenters. The first-order valence-corrected chi connectivity index (χ1v) is 4.69. The van der Waals surface area contributed by atoms with Gasteiger partial charge in [-0.1, -0.05) is 18.2 Å². The number of aromatic nitrogens is 4. The molecule has 1 aromatic carbocycles. The molecular formula is C10H8N4O3. The van der Waals surface area contributed by atoms with Crippen molar-refractivity contribution in [2.24, 2.45) is 0 Å². The summed E-state index contributed by atoms with van der Waals surface area (Å²) in [4.78, 5) is 22.0. The Bertz CT molecular complexity index is 612. The molecule has 0 atom stereocenters. The van der Waals surface area contributed by atoms with E-state index in [0.29, 0.717) is 5.69 Å². The molecule has 17 heavy (non-hydrogen) atoms. The minimum absolute atomic E-state index is 0.534. The third-order valence-corrected chi connectivity index (χ3v) is 1.96. The van der Waals surface area contributed by atoms with Gasteiger partial charge in [-0.2, -0.15) is 9.36 Å². The molecular weight excluding hydrogens is 224 g/mol. The van der Waals surface area contributed by atoms with Gasteiger partial charge in [-0.25, -0.2) is 9.59 Å². The molecule has 0 saturated heterocycles. The van der Waals surface area contributed by atoms with Gasteiger partial charge in [0, 0.05) is 12.3 Å². The zero-order chi connectivity index (χ0) is 12.3. The summed E-state index contributed by atoms with van der Waals surface area (Å²) in [5.74, 6) is -1.16. The number of para-hydroxylation sites is 1. The number of hydrogen-bond acceptors (Lipinski definition) is 4. The predicted octanol–water partition coefficient (Wildman–Crippen LogP) is -0.0157. The normalized spacial score (nSPS) is 10.8. The van der Waals surface area contributed by atoms with E-state index in [-0.39, 0.29) is 0 Å². The van der Waals surface area contributed by atoms with Gasteiger partial charge in [0.05, 0.1) is 5.69 Å². The highest BCUT2D eigenvalue weighted by molar-refractivity contribution is 5.82. The molecule has 1 N–H and O–H groups in total. The molecule has 0 aliphatic rings. The van der Waals surface area contributed by atoms with Crippen LogP contribution >= 0.6 is 0 Å². The Kier molecular flexibility index (Phi) is 2.82. The van der Waals surface area contributed by atoms with Crippen molar-refractivity contribution in [2.75, 3.05) is 0 Å². The molecule has 0 bridgehead atoms. The van der Waals surface area contributed by atoms with Gasteiger partial charge in [-0.15, -0.1) is 0 Å². The third kappa shape index (κ3) is 2.28. The van der Waals surface area contributed by atoms with E-state index in [4.69, 9.17) is 5.11 Å². The zero-order valence-corrected chi connectivity index (χ0v) is 8.59. The van der Waals surface area contributed by atoms with Crippen molar-refractivity contribution >= 4 is 12.2 Å². The van der Waals surface area contributed by atoms with Gasteiger partial charge in [-0.05, 0) is 22.6 Å². The molecule has 2 aromatic rings. The van der Waals surface area contributed by atoms with E-state index >= 15 is 0 Å². The van der Waals surface area contributed by atoms with Gasteiger partial charge in [0.1, 0.15) is 0 Å².